The Labute approximate surface area is 92.8 Å². The minimum atomic E-state index is 0.0606. The molecule has 1 fully saturated rings. The quantitative estimate of drug-likeness (QED) is 0.744. The number of hydrogen-bond acceptors (Lipinski definition) is 2. The van der Waals surface area contributed by atoms with Gasteiger partial charge >= 0.3 is 0 Å². The molecular weight excluding hydrogens is 188 g/mol. The minimum Gasteiger partial charge on any atom is -0.353 e. The van der Waals surface area contributed by atoms with E-state index in [0.717, 1.165) is 12.8 Å². The molecular formula is C12H24N2O. The van der Waals surface area contributed by atoms with Gasteiger partial charge in [-0.3, -0.25) is 4.79 Å². The summed E-state index contributed by atoms with van der Waals surface area (Å²) >= 11 is 0. The van der Waals surface area contributed by atoms with Gasteiger partial charge in [0.15, 0.2) is 0 Å². The van der Waals surface area contributed by atoms with Crippen LogP contribution in [0.2, 0.25) is 0 Å². The van der Waals surface area contributed by atoms with E-state index in [1.165, 1.54) is 0 Å². The van der Waals surface area contributed by atoms with Gasteiger partial charge in [0.25, 0.3) is 0 Å². The molecule has 0 aromatic carbocycles. The Morgan fingerprint density at radius 3 is 2.60 bits per heavy atom. The van der Waals surface area contributed by atoms with Crippen LogP contribution in [0.4, 0.5) is 0 Å². The second-order valence-corrected chi connectivity index (χ2v) is 5.50. The predicted octanol–water partition coefficient (Wildman–Crippen LogP) is 1.66. The van der Waals surface area contributed by atoms with Crippen molar-refractivity contribution >= 4 is 5.91 Å². The second kappa shape index (κ2) is 4.52. The van der Waals surface area contributed by atoms with Gasteiger partial charge in [-0.1, -0.05) is 34.1 Å². The van der Waals surface area contributed by atoms with E-state index in [2.05, 4.69) is 33.0 Å². The molecule has 0 aliphatic heterocycles. The van der Waals surface area contributed by atoms with Gasteiger partial charge in [-0.2, -0.15) is 0 Å². The average molecular weight is 212 g/mol. The van der Waals surface area contributed by atoms with Crippen molar-refractivity contribution in [3.63, 3.8) is 0 Å². The van der Waals surface area contributed by atoms with Crippen LogP contribution in [0.15, 0.2) is 0 Å². The van der Waals surface area contributed by atoms with E-state index in [1.54, 1.807) is 0 Å². The van der Waals surface area contributed by atoms with Gasteiger partial charge in [-0.15, -0.1) is 0 Å². The maximum absolute atomic E-state index is 11.7. The fraction of sp³-hybridized carbons (Fsp3) is 0.917. The van der Waals surface area contributed by atoms with Crippen LogP contribution in [-0.4, -0.2) is 18.0 Å². The van der Waals surface area contributed by atoms with Crippen LogP contribution in [0.3, 0.4) is 0 Å². The smallest absolute Gasteiger partial charge is 0.220 e. The van der Waals surface area contributed by atoms with Crippen LogP contribution in [0, 0.1) is 11.3 Å². The van der Waals surface area contributed by atoms with E-state index in [-0.39, 0.29) is 23.4 Å². The maximum atomic E-state index is 11.7. The number of nitrogens with two attached hydrogens (primary N) is 1. The molecule has 0 aromatic heterocycles. The highest BCUT2D eigenvalue weighted by atomic mass is 16.1. The molecule has 0 radical (unpaired) electrons. The lowest BCUT2D eigenvalue weighted by Crippen LogP contribution is -2.64. The van der Waals surface area contributed by atoms with E-state index in [9.17, 15) is 4.79 Å². The molecule has 3 N–H and O–H groups in total. The molecule has 0 aromatic rings. The molecule has 0 bridgehead atoms. The molecule has 1 rings (SSSR count). The van der Waals surface area contributed by atoms with Crippen molar-refractivity contribution in [2.24, 2.45) is 17.1 Å². The number of nitrogens with one attached hydrogen (secondary N) is 1. The van der Waals surface area contributed by atoms with Gasteiger partial charge < -0.3 is 11.1 Å². The van der Waals surface area contributed by atoms with Gasteiger partial charge in [0.2, 0.25) is 5.91 Å². The summed E-state index contributed by atoms with van der Waals surface area (Å²) in [5, 5.41) is 3.08. The van der Waals surface area contributed by atoms with E-state index in [4.69, 9.17) is 5.73 Å². The molecule has 0 spiro atoms. The monoisotopic (exact) mass is 212 g/mol. The van der Waals surface area contributed by atoms with Crippen LogP contribution in [0.1, 0.15) is 47.0 Å². The molecule has 0 saturated heterocycles. The highest BCUT2D eigenvalue weighted by molar-refractivity contribution is 5.76. The topological polar surface area (TPSA) is 55.1 Å². The van der Waals surface area contributed by atoms with Crippen LogP contribution >= 0.6 is 0 Å². The Bertz CT molecular complexity index is 238. The fourth-order valence-corrected chi connectivity index (χ4v) is 1.92. The van der Waals surface area contributed by atoms with E-state index in [0.29, 0.717) is 12.3 Å². The van der Waals surface area contributed by atoms with Crippen molar-refractivity contribution in [2.45, 2.75) is 59.0 Å². The highest BCUT2D eigenvalue weighted by Gasteiger charge is 2.46. The molecule has 3 heteroatoms. The van der Waals surface area contributed by atoms with Crippen molar-refractivity contribution in [1.29, 1.82) is 0 Å². The first-order valence-electron chi connectivity index (χ1n) is 5.92. The van der Waals surface area contributed by atoms with E-state index in [1.807, 2.05) is 0 Å². The van der Waals surface area contributed by atoms with E-state index >= 15 is 0 Å². The third kappa shape index (κ3) is 2.71. The summed E-state index contributed by atoms with van der Waals surface area (Å²) in [6.07, 6.45) is 2.61. The Kier molecular flexibility index (Phi) is 3.77. The number of carbonyl (C=O) groups is 1. The molecule has 0 heterocycles. The average Bonchev–Trinajstić information content (AvgIpc) is 2.17. The number of carbonyl (C=O) groups excluding carboxylic acids is 1. The Balaban J connectivity index is 2.34. The lowest BCUT2D eigenvalue weighted by atomic mass is 9.63. The summed E-state index contributed by atoms with van der Waals surface area (Å²) in [6, 6.07) is 0.496. The van der Waals surface area contributed by atoms with Crippen molar-refractivity contribution in [3.05, 3.63) is 0 Å². The molecule has 1 saturated carbocycles. The standard InChI is InChI=1S/C12H24N2O/c1-5-8(2)6-11(15)14-10-7-9(13)12(10,3)4/h8-10H,5-7,13H2,1-4H3,(H,14,15). The predicted molar refractivity (Wildman–Crippen MR) is 62.4 cm³/mol. The van der Waals surface area contributed by atoms with Gasteiger partial charge in [-0.25, -0.2) is 0 Å². The third-order valence-electron chi connectivity index (χ3n) is 3.91. The zero-order valence-electron chi connectivity index (χ0n) is 10.3. The van der Waals surface area contributed by atoms with Crippen LogP contribution in [0.25, 0.3) is 0 Å². The molecule has 3 unspecified atom stereocenters. The Morgan fingerprint density at radius 2 is 2.20 bits per heavy atom. The number of hydrogen-bond donors (Lipinski definition) is 2. The summed E-state index contributed by atoms with van der Waals surface area (Å²) in [6.45, 7) is 8.46. The summed E-state index contributed by atoms with van der Waals surface area (Å²) in [5.74, 6) is 0.649. The lowest BCUT2D eigenvalue weighted by molar-refractivity contribution is -0.125. The van der Waals surface area contributed by atoms with Gasteiger partial charge in [-0.05, 0) is 12.3 Å². The van der Waals surface area contributed by atoms with Crippen molar-refractivity contribution < 1.29 is 4.79 Å². The zero-order chi connectivity index (χ0) is 11.6. The molecule has 88 valence electrons. The minimum absolute atomic E-state index is 0.0606. The van der Waals surface area contributed by atoms with Crippen molar-refractivity contribution in [1.82, 2.24) is 5.32 Å². The van der Waals surface area contributed by atoms with Crippen LogP contribution < -0.4 is 11.1 Å². The lowest BCUT2D eigenvalue weighted by Gasteiger charge is -2.50. The molecule has 1 aliphatic carbocycles. The third-order valence-corrected chi connectivity index (χ3v) is 3.91. The molecule has 15 heavy (non-hydrogen) atoms. The molecule has 3 atom stereocenters. The van der Waals surface area contributed by atoms with Crippen LogP contribution in [0.5, 0.6) is 0 Å². The van der Waals surface area contributed by atoms with Crippen molar-refractivity contribution in [2.75, 3.05) is 0 Å². The first kappa shape index (κ1) is 12.5. The van der Waals surface area contributed by atoms with E-state index < -0.39 is 0 Å². The zero-order valence-corrected chi connectivity index (χ0v) is 10.3. The Morgan fingerprint density at radius 1 is 1.60 bits per heavy atom. The van der Waals surface area contributed by atoms with Gasteiger partial charge in [0.1, 0.15) is 0 Å². The van der Waals surface area contributed by atoms with Crippen LogP contribution in [-0.2, 0) is 4.79 Å². The largest absolute Gasteiger partial charge is 0.353 e. The summed E-state index contributed by atoms with van der Waals surface area (Å²) < 4.78 is 0. The summed E-state index contributed by atoms with van der Waals surface area (Å²) in [4.78, 5) is 11.7. The SMILES string of the molecule is CCC(C)CC(=O)NC1CC(N)C1(C)C. The number of rotatable bonds is 4. The fourth-order valence-electron chi connectivity index (χ4n) is 1.92. The number of amides is 1. The Hall–Kier alpha value is -0.570. The van der Waals surface area contributed by atoms with Gasteiger partial charge in [0, 0.05) is 23.9 Å². The first-order chi connectivity index (χ1) is 6.87. The maximum Gasteiger partial charge on any atom is 0.220 e. The van der Waals surface area contributed by atoms with Crippen molar-refractivity contribution in [3.8, 4) is 0 Å². The molecule has 3 nitrogen and oxygen atoms in total. The van der Waals surface area contributed by atoms with Gasteiger partial charge in [0.05, 0.1) is 0 Å². The summed E-state index contributed by atoms with van der Waals surface area (Å²) in [7, 11) is 0. The molecule has 1 amide bonds. The summed E-state index contributed by atoms with van der Waals surface area (Å²) in [5.41, 5.74) is 5.96. The normalized spacial score (nSPS) is 30.5. The molecule has 1 aliphatic rings. The first-order valence-corrected chi connectivity index (χ1v) is 5.92. The second-order valence-electron chi connectivity index (χ2n) is 5.50. The highest BCUT2D eigenvalue weighted by Crippen LogP contribution is 2.39.